The number of hydrogen-bond donors (Lipinski definition) is 2. The van der Waals surface area contributed by atoms with Crippen LogP contribution in [0.25, 0.3) is 0 Å². The zero-order chi connectivity index (χ0) is 17.6. The minimum absolute atomic E-state index is 0.475. The Balaban J connectivity index is 1.58. The molecular formula is C18H16Cl2N4S. The van der Waals surface area contributed by atoms with Gasteiger partial charge < -0.3 is 10.6 Å². The predicted molar refractivity (Wildman–Crippen MR) is 107 cm³/mol. The van der Waals surface area contributed by atoms with Crippen molar-refractivity contribution in [3.8, 4) is 0 Å². The van der Waals surface area contributed by atoms with Gasteiger partial charge in [-0.2, -0.15) is 5.10 Å². The molecule has 1 aromatic heterocycles. The number of rotatable bonds is 5. The van der Waals surface area contributed by atoms with Gasteiger partial charge in [-0.05, 0) is 35.5 Å². The number of thiocarbonyl (C=S) groups is 1. The van der Waals surface area contributed by atoms with Crippen molar-refractivity contribution in [3.05, 3.63) is 82.0 Å². The standard InChI is InChI=1S/C18H16Cl2N4S/c19-15-8-6-14(7-9-15)11-24-12-16(20)17(23-24)22-18(25)21-10-13-4-2-1-3-5-13/h1-9,12H,10-11H2,(H2,21,22,23,25). The zero-order valence-corrected chi connectivity index (χ0v) is 15.6. The first-order chi connectivity index (χ1) is 12.1. The molecule has 0 bridgehead atoms. The lowest BCUT2D eigenvalue weighted by atomic mass is 10.2. The molecule has 7 heteroatoms. The van der Waals surface area contributed by atoms with E-state index in [0.717, 1.165) is 11.1 Å². The first kappa shape index (κ1) is 17.7. The second-order valence-corrected chi connectivity index (χ2v) is 6.69. The summed E-state index contributed by atoms with van der Waals surface area (Å²) in [6.45, 7) is 1.23. The lowest BCUT2D eigenvalue weighted by Crippen LogP contribution is -2.28. The van der Waals surface area contributed by atoms with Gasteiger partial charge in [0.2, 0.25) is 0 Å². The Labute approximate surface area is 161 Å². The zero-order valence-electron chi connectivity index (χ0n) is 13.2. The van der Waals surface area contributed by atoms with Crippen LogP contribution in [0.2, 0.25) is 10.0 Å². The molecule has 0 aliphatic rings. The molecule has 25 heavy (non-hydrogen) atoms. The second kappa shape index (κ2) is 8.34. The molecule has 0 aliphatic heterocycles. The van der Waals surface area contributed by atoms with Gasteiger partial charge in [-0.3, -0.25) is 4.68 Å². The van der Waals surface area contributed by atoms with E-state index in [1.165, 1.54) is 0 Å². The van der Waals surface area contributed by atoms with Gasteiger partial charge in [0, 0.05) is 17.8 Å². The van der Waals surface area contributed by atoms with Gasteiger partial charge in [0.25, 0.3) is 0 Å². The van der Waals surface area contributed by atoms with Crippen LogP contribution in [0.15, 0.2) is 60.8 Å². The lowest BCUT2D eigenvalue weighted by Gasteiger charge is -2.09. The molecule has 0 aliphatic carbocycles. The van der Waals surface area contributed by atoms with Crippen molar-refractivity contribution in [2.24, 2.45) is 0 Å². The maximum atomic E-state index is 6.24. The molecule has 0 amide bonds. The number of hydrogen-bond acceptors (Lipinski definition) is 2. The molecule has 3 aromatic rings. The SMILES string of the molecule is S=C(NCc1ccccc1)Nc1nn(Cc2ccc(Cl)cc2)cc1Cl. The van der Waals surface area contributed by atoms with Crippen LogP contribution in [-0.4, -0.2) is 14.9 Å². The number of halogens is 2. The van der Waals surface area contributed by atoms with Gasteiger partial charge in [0.15, 0.2) is 10.9 Å². The normalized spacial score (nSPS) is 10.5. The fourth-order valence-electron chi connectivity index (χ4n) is 2.27. The summed E-state index contributed by atoms with van der Waals surface area (Å²) >= 11 is 17.4. The molecule has 0 saturated heterocycles. The van der Waals surface area contributed by atoms with Crippen LogP contribution in [0.5, 0.6) is 0 Å². The summed E-state index contributed by atoms with van der Waals surface area (Å²) in [5.74, 6) is 0.529. The van der Waals surface area contributed by atoms with E-state index in [0.29, 0.717) is 34.1 Å². The number of anilines is 1. The molecule has 0 fully saturated rings. The summed E-state index contributed by atoms with van der Waals surface area (Å²) in [5, 5.41) is 12.3. The van der Waals surface area contributed by atoms with Crippen molar-refractivity contribution in [2.75, 3.05) is 5.32 Å². The van der Waals surface area contributed by atoms with Crippen molar-refractivity contribution in [1.29, 1.82) is 0 Å². The van der Waals surface area contributed by atoms with Crippen LogP contribution in [0.3, 0.4) is 0 Å². The minimum atomic E-state index is 0.475. The van der Waals surface area contributed by atoms with E-state index in [2.05, 4.69) is 15.7 Å². The van der Waals surface area contributed by atoms with Crippen LogP contribution in [0.4, 0.5) is 5.82 Å². The van der Waals surface area contributed by atoms with E-state index in [1.54, 1.807) is 10.9 Å². The number of benzene rings is 2. The molecule has 128 valence electrons. The molecule has 0 radical (unpaired) electrons. The summed E-state index contributed by atoms with van der Waals surface area (Å²) in [6, 6.07) is 17.6. The Morgan fingerprint density at radius 1 is 1.00 bits per heavy atom. The van der Waals surface area contributed by atoms with Crippen molar-refractivity contribution < 1.29 is 0 Å². The summed E-state index contributed by atoms with van der Waals surface area (Å²) in [5.41, 5.74) is 2.23. The number of aromatic nitrogens is 2. The molecule has 4 nitrogen and oxygen atoms in total. The summed E-state index contributed by atoms with van der Waals surface area (Å²) in [7, 11) is 0. The van der Waals surface area contributed by atoms with Gasteiger partial charge in [-0.1, -0.05) is 65.7 Å². The molecule has 2 N–H and O–H groups in total. The van der Waals surface area contributed by atoms with E-state index in [4.69, 9.17) is 35.4 Å². The summed E-state index contributed by atoms with van der Waals surface area (Å²) in [6.07, 6.45) is 1.76. The topological polar surface area (TPSA) is 41.9 Å². The molecule has 0 saturated carbocycles. The van der Waals surface area contributed by atoms with Crippen molar-refractivity contribution >= 4 is 46.4 Å². The smallest absolute Gasteiger partial charge is 0.173 e. The Bertz CT molecular complexity index is 847. The van der Waals surface area contributed by atoms with E-state index in [-0.39, 0.29) is 0 Å². The third-order valence-corrected chi connectivity index (χ3v) is 4.28. The van der Waals surface area contributed by atoms with E-state index < -0.39 is 0 Å². The Morgan fingerprint density at radius 3 is 2.44 bits per heavy atom. The van der Waals surface area contributed by atoms with Crippen LogP contribution in [0.1, 0.15) is 11.1 Å². The van der Waals surface area contributed by atoms with Crippen LogP contribution < -0.4 is 10.6 Å². The van der Waals surface area contributed by atoms with Gasteiger partial charge in [-0.25, -0.2) is 0 Å². The number of nitrogens with one attached hydrogen (secondary N) is 2. The predicted octanol–water partition coefficient (Wildman–Crippen LogP) is 4.72. The van der Waals surface area contributed by atoms with E-state index >= 15 is 0 Å². The third-order valence-electron chi connectivity index (χ3n) is 3.50. The molecule has 2 aromatic carbocycles. The highest BCUT2D eigenvalue weighted by Crippen LogP contribution is 2.20. The molecule has 1 heterocycles. The van der Waals surface area contributed by atoms with Crippen molar-refractivity contribution in [2.45, 2.75) is 13.1 Å². The maximum Gasteiger partial charge on any atom is 0.173 e. The Kier molecular flexibility index (Phi) is 5.91. The monoisotopic (exact) mass is 390 g/mol. The second-order valence-electron chi connectivity index (χ2n) is 5.44. The Hall–Kier alpha value is -2.08. The number of nitrogens with zero attached hydrogens (tertiary/aromatic N) is 2. The average molecular weight is 391 g/mol. The summed E-state index contributed by atoms with van der Waals surface area (Å²) in [4.78, 5) is 0. The fourth-order valence-corrected chi connectivity index (χ4v) is 2.76. The maximum absolute atomic E-state index is 6.24. The van der Waals surface area contributed by atoms with Crippen molar-refractivity contribution in [1.82, 2.24) is 15.1 Å². The molecule has 0 unspecified atom stereocenters. The largest absolute Gasteiger partial charge is 0.358 e. The van der Waals surface area contributed by atoms with Gasteiger partial charge in [0.1, 0.15) is 5.02 Å². The molecular weight excluding hydrogens is 375 g/mol. The molecule has 0 spiro atoms. The highest BCUT2D eigenvalue weighted by Gasteiger charge is 2.09. The van der Waals surface area contributed by atoms with Gasteiger partial charge in [-0.15, -0.1) is 0 Å². The lowest BCUT2D eigenvalue weighted by molar-refractivity contribution is 0.690. The minimum Gasteiger partial charge on any atom is -0.358 e. The third kappa shape index (κ3) is 5.19. The van der Waals surface area contributed by atoms with Gasteiger partial charge >= 0.3 is 0 Å². The quantitative estimate of drug-likeness (QED) is 0.618. The summed E-state index contributed by atoms with van der Waals surface area (Å²) < 4.78 is 1.76. The van der Waals surface area contributed by atoms with Crippen LogP contribution in [0, 0.1) is 0 Å². The van der Waals surface area contributed by atoms with Crippen LogP contribution >= 0.6 is 35.4 Å². The first-order valence-electron chi connectivity index (χ1n) is 7.66. The molecule has 3 rings (SSSR count). The first-order valence-corrected chi connectivity index (χ1v) is 8.83. The van der Waals surface area contributed by atoms with Crippen LogP contribution in [-0.2, 0) is 13.1 Å². The van der Waals surface area contributed by atoms with E-state index in [1.807, 2.05) is 54.6 Å². The van der Waals surface area contributed by atoms with E-state index in [9.17, 15) is 0 Å². The molecule has 0 atom stereocenters. The van der Waals surface area contributed by atoms with Gasteiger partial charge in [0.05, 0.1) is 6.54 Å². The highest BCUT2D eigenvalue weighted by molar-refractivity contribution is 7.80. The van der Waals surface area contributed by atoms with Crippen molar-refractivity contribution in [3.63, 3.8) is 0 Å². The Morgan fingerprint density at radius 2 is 1.72 bits per heavy atom. The highest BCUT2D eigenvalue weighted by atomic mass is 35.5. The fraction of sp³-hybridized carbons (Fsp3) is 0.111. The average Bonchev–Trinajstić information content (AvgIpc) is 2.95.